The van der Waals surface area contributed by atoms with E-state index < -0.39 is 40.1 Å². The second kappa shape index (κ2) is 9.24. The van der Waals surface area contributed by atoms with E-state index in [1.54, 1.807) is 36.1 Å². The number of nitrogens with zero attached hydrogens (tertiary/aromatic N) is 1. The van der Waals surface area contributed by atoms with Crippen molar-refractivity contribution in [3.63, 3.8) is 0 Å². The normalized spacial score (nSPS) is 43.8. The Morgan fingerprint density at radius 2 is 2.11 bits per heavy atom. The van der Waals surface area contributed by atoms with Crippen molar-refractivity contribution in [3.8, 4) is 0 Å². The molecule has 10 heteroatoms. The summed E-state index contributed by atoms with van der Waals surface area (Å²) >= 11 is 3.98. The second-order valence-corrected chi connectivity index (χ2v) is 15.0. The molecular formula is C28H33F2NO4S3. The Bertz CT molecular complexity index is 1240. The van der Waals surface area contributed by atoms with E-state index in [2.05, 4.69) is 12.1 Å². The third kappa shape index (κ3) is 3.46. The predicted octanol–water partition coefficient (Wildman–Crippen LogP) is 5.74. The summed E-state index contributed by atoms with van der Waals surface area (Å²) in [5.74, 6) is -1.12. The molecule has 0 bridgehead atoms. The van der Waals surface area contributed by atoms with Crippen LogP contribution < -0.4 is 0 Å². The van der Waals surface area contributed by atoms with Gasteiger partial charge < -0.3 is 5.11 Å². The van der Waals surface area contributed by atoms with Gasteiger partial charge in [-0.05, 0) is 69.1 Å². The number of rotatable bonds is 5. The average molecular weight is 582 g/mol. The molecular weight excluding hydrogens is 549 g/mol. The van der Waals surface area contributed by atoms with Crippen LogP contribution in [0.2, 0.25) is 0 Å². The number of carbonyl (C=O) groups is 2. The van der Waals surface area contributed by atoms with Gasteiger partial charge >= 0.3 is 0 Å². The van der Waals surface area contributed by atoms with Gasteiger partial charge in [0.1, 0.15) is 6.01 Å². The number of hydrogen-bond donors (Lipinski definition) is 1. The van der Waals surface area contributed by atoms with Gasteiger partial charge in [-0.1, -0.05) is 30.3 Å². The molecule has 2 heterocycles. The van der Waals surface area contributed by atoms with E-state index in [1.807, 2.05) is 18.2 Å². The molecule has 8 atom stereocenters. The second-order valence-electron chi connectivity index (χ2n) is 11.8. The quantitative estimate of drug-likeness (QED) is 0.445. The number of thioether (sulfide) groups is 2. The fraction of sp³-hybridized carbons (Fsp3) is 0.643. The first-order chi connectivity index (χ1) is 18.0. The van der Waals surface area contributed by atoms with Crippen molar-refractivity contribution < 1.29 is 28.3 Å². The highest BCUT2D eigenvalue weighted by Crippen LogP contribution is 2.73. The van der Waals surface area contributed by atoms with E-state index in [4.69, 9.17) is 4.84 Å². The maximum Gasteiger partial charge on any atom is 0.226 e. The summed E-state index contributed by atoms with van der Waals surface area (Å²) in [6, 6.07) is 3.27. The SMILES string of the molecule is CSc1ccc(CN2C[C@@H]3C[C@H]4[C@@H]5CCC6=CC(=O)C=C[C@]6(C)[C@@]5(F)[C@@H](O)C[C@]4(C)[C@]3(C(=O)SCF)O2)s1. The third-order valence-corrected chi connectivity index (χ3v) is 13.2. The molecule has 3 saturated carbocycles. The molecule has 1 aliphatic heterocycles. The molecule has 1 aromatic rings. The largest absolute Gasteiger partial charge is 0.390 e. The molecule has 38 heavy (non-hydrogen) atoms. The molecule has 0 unspecified atom stereocenters. The minimum Gasteiger partial charge on any atom is -0.390 e. The molecule has 5 aliphatic rings. The Balaban J connectivity index is 1.37. The van der Waals surface area contributed by atoms with Crippen molar-refractivity contribution in [1.82, 2.24) is 5.06 Å². The molecule has 1 aromatic heterocycles. The van der Waals surface area contributed by atoms with Gasteiger partial charge in [0.25, 0.3) is 0 Å². The summed E-state index contributed by atoms with van der Waals surface area (Å²) in [5, 5.41) is 13.1. The van der Waals surface area contributed by atoms with Crippen molar-refractivity contribution in [3.05, 3.63) is 40.8 Å². The Hall–Kier alpha value is -1.04. The van der Waals surface area contributed by atoms with Gasteiger partial charge in [-0.15, -0.1) is 23.1 Å². The predicted molar refractivity (Wildman–Crippen MR) is 146 cm³/mol. The van der Waals surface area contributed by atoms with E-state index in [9.17, 15) is 19.1 Å². The molecule has 0 aromatic carbocycles. The number of fused-ring (bicyclic) bond motifs is 7. The fourth-order valence-electron chi connectivity index (χ4n) is 8.65. The topological polar surface area (TPSA) is 66.8 Å². The van der Waals surface area contributed by atoms with E-state index in [1.165, 1.54) is 16.4 Å². The van der Waals surface area contributed by atoms with Gasteiger partial charge in [0, 0.05) is 34.1 Å². The molecule has 6 rings (SSSR count). The number of halogens is 2. The average Bonchev–Trinajstić information content (AvgIpc) is 3.54. The molecule has 0 spiro atoms. The minimum absolute atomic E-state index is 0.0356. The van der Waals surface area contributed by atoms with Crippen LogP contribution in [0, 0.1) is 28.6 Å². The van der Waals surface area contributed by atoms with Crippen LogP contribution in [0.1, 0.15) is 44.4 Å². The lowest BCUT2D eigenvalue weighted by molar-refractivity contribution is -0.264. The van der Waals surface area contributed by atoms with Crippen LogP contribution >= 0.6 is 34.9 Å². The number of alkyl halides is 2. The summed E-state index contributed by atoms with van der Waals surface area (Å²) in [6.45, 7) is 4.75. The van der Waals surface area contributed by atoms with Crippen LogP contribution in [-0.4, -0.2) is 57.2 Å². The van der Waals surface area contributed by atoms with Gasteiger partial charge in [0.2, 0.25) is 5.12 Å². The third-order valence-electron chi connectivity index (χ3n) is 10.3. The molecule has 0 radical (unpaired) electrons. The van der Waals surface area contributed by atoms with Gasteiger partial charge in [-0.2, -0.15) is 5.06 Å². The van der Waals surface area contributed by atoms with Gasteiger partial charge in [-0.3, -0.25) is 14.4 Å². The Labute approximate surface area is 234 Å². The highest BCUT2D eigenvalue weighted by molar-refractivity contribution is 8.13. The summed E-state index contributed by atoms with van der Waals surface area (Å²) in [5.41, 5.74) is -4.53. The standard InChI is InChI=1S/C28H33F2NO4S3/c1-25-9-8-18(32)10-16(25)4-6-20-21-11-17-13-31(14-19-5-7-23(36-3)38-19)35-28(17,24(34)37-15-29)26(21,2)12-22(33)27(20,25)30/h5,7-10,17,20-22,33H,4,6,11-15H2,1-3H3/t17-,20-,21-,22-,25-,26-,27-,28-/m0/s1. The van der Waals surface area contributed by atoms with E-state index in [-0.39, 0.29) is 29.2 Å². The summed E-state index contributed by atoms with van der Waals surface area (Å²) in [6.07, 6.45) is 6.90. The van der Waals surface area contributed by atoms with Gasteiger partial charge in [-0.25, -0.2) is 8.78 Å². The summed E-state index contributed by atoms with van der Waals surface area (Å²) in [4.78, 5) is 33.6. The van der Waals surface area contributed by atoms with Gasteiger partial charge in [0.05, 0.1) is 16.9 Å². The molecule has 4 aliphatic carbocycles. The lowest BCUT2D eigenvalue weighted by atomic mass is 9.45. The maximum atomic E-state index is 17.5. The number of allylic oxidation sites excluding steroid dienone is 4. The number of hydrogen-bond acceptors (Lipinski definition) is 8. The first-order valence-corrected chi connectivity index (χ1v) is 16.2. The van der Waals surface area contributed by atoms with Crippen LogP contribution in [-0.2, 0) is 21.0 Å². The van der Waals surface area contributed by atoms with Crippen molar-refractivity contribution >= 4 is 45.8 Å². The van der Waals surface area contributed by atoms with Crippen LogP contribution in [0.15, 0.2) is 40.1 Å². The lowest BCUT2D eigenvalue weighted by Gasteiger charge is -2.62. The first-order valence-electron chi connectivity index (χ1n) is 13.1. The molecule has 0 amide bonds. The monoisotopic (exact) mass is 581 g/mol. The minimum atomic E-state index is -1.97. The maximum absolute atomic E-state index is 17.5. The lowest BCUT2D eigenvalue weighted by Crippen LogP contribution is -2.69. The van der Waals surface area contributed by atoms with Crippen LogP contribution in [0.5, 0.6) is 0 Å². The van der Waals surface area contributed by atoms with Crippen molar-refractivity contribution in [2.75, 3.05) is 18.8 Å². The fourth-order valence-corrected chi connectivity index (χ4v) is 11.0. The van der Waals surface area contributed by atoms with Crippen LogP contribution in [0.25, 0.3) is 0 Å². The number of ketones is 1. The Morgan fingerprint density at radius 1 is 1.32 bits per heavy atom. The van der Waals surface area contributed by atoms with Crippen LogP contribution in [0.3, 0.4) is 0 Å². The first kappa shape index (κ1) is 27.1. The smallest absolute Gasteiger partial charge is 0.226 e. The Morgan fingerprint density at radius 3 is 2.82 bits per heavy atom. The van der Waals surface area contributed by atoms with E-state index in [0.717, 1.165) is 10.5 Å². The van der Waals surface area contributed by atoms with Gasteiger partial charge in [0.15, 0.2) is 17.1 Å². The highest BCUT2D eigenvalue weighted by atomic mass is 32.2. The van der Waals surface area contributed by atoms with E-state index in [0.29, 0.717) is 44.1 Å². The zero-order valence-electron chi connectivity index (χ0n) is 21.7. The number of hydroxylamine groups is 2. The van der Waals surface area contributed by atoms with Crippen molar-refractivity contribution in [1.29, 1.82) is 0 Å². The molecule has 1 N–H and O–H groups in total. The summed E-state index contributed by atoms with van der Waals surface area (Å²) < 4.78 is 32.2. The number of carbonyl (C=O) groups excluding carboxylic acids is 2. The number of aliphatic hydroxyl groups excluding tert-OH is 1. The molecule has 206 valence electrons. The zero-order chi connectivity index (χ0) is 27.1. The summed E-state index contributed by atoms with van der Waals surface area (Å²) in [7, 11) is 0. The van der Waals surface area contributed by atoms with E-state index >= 15 is 4.39 Å². The molecule has 5 nitrogen and oxygen atoms in total. The van der Waals surface area contributed by atoms with Crippen LogP contribution in [0.4, 0.5) is 8.78 Å². The van der Waals surface area contributed by atoms with Crippen molar-refractivity contribution in [2.45, 2.75) is 67.7 Å². The molecule has 4 fully saturated rings. The zero-order valence-corrected chi connectivity index (χ0v) is 24.2. The number of thiophene rings is 1. The Kier molecular flexibility index (Phi) is 6.60. The molecule has 1 saturated heterocycles. The number of aliphatic hydroxyl groups is 1. The highest BCUT2D eigenvalue weighted by Gasteiger charge is 2.79. The van der Waals surface area contributed by atoms with Crippen molar-refractivity contribution in [2.24, 2.45) is 28.6 Å².